The largest absolute Gasteiger partial charge is 0.392 e. The summed E-state index contributed by atoms with van der Waals surface area (Å²) >= 11 is 0. The number of anilines is 1. The van der Waals surface area contributed by atoms with Crippen LogP contribution in [0.1, 0.15) is 23.6 Å². The molecule has 2 aromatic rings. The highest BCUT2D eigenvalue weighted by atomic mass is 32.2. The highest BCUT2D eigenvalue weighted by Gasteiger charge is 2.16. The molecule has 0 aliphatic carbocycles. The highest BCUT2D eigenvalue weighted by Crippen LogP contribution is 2.20. The van der Waals surface area contributed by atoms with Crippen LogP contribution < -0.4 is 4.72 Å². The fourth-order valence-electron chi connectivity index (χ4n) is 2.18. The molecule has 2 rings (SSSR count). The normalized spacial score (nSPS) is 11.4. The summed E-state index contributed by atoms with van der Waals surface area (Å²) in [6.07, 6.45) is 0.752. The first-order valence-electron chi connectivity index (χ1n) is 6.78. The third-order valence-electron chi connectivity index (χ3n) is 3.31. The van der Waals surface area contributed by atoms with E-state index >= 15 is 0 Å². The summed E-state index contributed by atoms with van der Waals surface area (Å²) in [7, 11) is -3.65. The van der Waals surface area contributed by atoms with Crippen molar-refractivity contribution in [3.8, 4) is 0 Å². The van der Waals surface area contributed by atoms with E-state index in [-0.39, 0.29) is 11.5 Å². The number of nitrogens with one attached hydrogen (secondary N) is 1. The molecule has 0 saturated carbocycles. The average molecular weight is 305 g/mol. The summed E-state index contributed by atoms with van der Waals surface area (Å²) < 4.78 is 27.3. The standard InChI is InChI=1S/C16H19NO3S/c1-3-13-7-8-16(10-14(13)11-18)21(19,20)17-15-6-4-5-12(2)9-15/h4-10,17-18H,3,11H2,1-2H3. The van der Waals surface area contributed by atoms with Crippen LogP contribution in [0.2, 0.25) is 0 Å². The minimum Gasteiger partial charge on any atom is -0.392 e. The molecule has 0 aliphatic rings. The number of aliphatic hydroxyl groups excluding tert-OH is 1. The SMILES string of the molecule is CCc1ccc(S(=O)(=O)Nc2cccc(C)c2)cc1CO. The first kappa shape index (κ1) is 15.5. The Bertz CT molecular complexity index is 739. The van der Waals surface area contributed by atoms with E-state index < -0.39 is 10.0 Å². The monoisotopic (exact) mass is 305 g/mol. The van der Waals surface area contributed by atoms with Crippen molar-refractivity contribution in [2.45, 2.75) is 31.8 Å². The molecule has 0 atom stereocenters. The third kappa shape index (κ3) is 3.62. The van der Waals surface area contributed by atoms with Crippen LogP contribution in [0.4, 0.5) is 5.69 Å². The van der Waals surface area contributed by atoms with Gasteiger partial charge in [-0.15, -0.1) is 0 Å². The van der Waals surface area contributed by atoms with Crippen LogP contribution in [0, 0.1) is 6.92 Å². The Morgan fingerprint density at radius 2 is 1.86 bits per heavy atom. The lowest BCUT2D eigenvalue weighted by molar-refractivity contribution is 0.280. The molecular weight excluding hydrogens is 286 g/mol. The second kappa shape index (κ2) is 6.28. The maximum Gasteiger partial charge on any atom is 0.261 e. The van der Waals surface area contributed by atoms with Crippen molar-refractivity contribution in [2.24, 2.45) is 0 Å². The van der Waals surface area contributed by atoms with Gasteiger partial charge >= 0.3 is 0 Å². The Morgan fingerprint density at radius 3 is 2.48 bits per heavy atom. The van der Waals surface area contributed by atoms with E-state index in [1.54, 1.807) is 30.3 Å². The molecule has 2 N–H and O–H groups in total. The molecule has 0 spiro atoms. The first-order chi connectivity index (χ1) is 9.96. The van der Waals surface area contributed by atoms with Crippen molar-refractivity contribution >= 4 is 15.7 Å². The molecule has 0 bridgehead atoms. The predicted molar refractivity (Wildman–Crippen MR) is 83.7 cm³/mol. The lowest BCUT2D eigenvalue weighted by Crippen LogP contribution is -2.13. The number of aliphatic hydroxyl groups is 1. The molecular formula is C16H19NO3S. The Balaban J connectivity index is 2.35. The third-order valence-corrected chi connectivity index (χ3v) is 4.69. The second-order valence-electron chi connectivity index (χ2n) is 4.92. The molecule has 21 heavy (non-hydrogen) atoms. The second-order valence-corrected chi connectivity index (χ2v) is 6.60. The molecule has 112 valence electrons. The number of benzene rings is 2. The van der Waals surface area contributed by atoms with Crippen molar-refractivity contribution in [3.63, 3.8) is 0 Å². The molecule has 4 nitrogen and oxygen atoms in total. The van der Waals surface area contributed by atoms with E-state index in [1.165, 1.54) is 6.07 Å². The van der Waals surface area contributed by atoms with Gasteiger partial charge in [-0.3, -0.25) is 4.72 Å². The quantitative estimate of drug-likeness (QED) is 0.892. The average Bonchev–Trinajstić information content (AvgIpc) is 2.46. The maximum atomic E-state index is 12.4. The molecule has 0 aliphatic heterocycles. The van der Waals surface area contributed by atoms with Crippen LogP contribution in [0.15, 0.2) is 47.4 Å². The zero-order valence-corrected chi connectivity index (χ0v) is 12.9. The molecule has 5 heteroatoms. The first-order valence-corrected chi connectivity index (χ1v) is 8.26. The number of rotatable bonds is 5. The van der Waals surface area contributed by atoms with Crippen LogP contribution in [0.5, 0.6) is 0 Å². The minimum atomic E-state index is -3.65. The summed E-state index contributed by atoms with van der Waals surface area (Å²) in [4.78, 5) is 0.158. The van der Waals surface area contributed by atoms with Crippen LogP contribution in [-0.2, 0) is 23.1 Å². The highest BCUT2D eigenvalue weighted by molar-refractivity contribution is 7.92. The van der Waals surface area contributed by atoms with E-state index in [2.05, 4.69) is 4.72 Å². The van der Waals surface area contributed by atoms with Gasteiger partial charge in [-0.05, 0) is 54.3 Å². The van der Waals surface area contributed by atoms with Gasteiger partial charge < -0.3 is 5.11 Å². The Kier molecular flexibility index (Phi) is 4.65. The van der Waals surface area contributed by atoms with E-state index in [0.29, 0.717) is 11.3 Å². The Morgan fingerprint density at radius 1 is 1.10 bits per heavy atom. The predicted octanol–water partition coefficient (Wildman–Crippen LogP) is 2.85. The molecule has 0 heterocycles. The van der Waals surface area contributed by atoms with Gasteiger partial charge in [0, 0.05) is 5.69 Å². The molecule has 0 saturated heterocycles. The van der Waals surface area contributed by atoms with Crippen molar-refractivity contribution < 1.29 is 13.5 Å². The summed E-state index contributed by atoms with van der Waals surface area (Å²) in [6, 6.07) is 12.0. The number of aryl methyl sites for hydroxylation is 2. The molecule has 0 fully saturated rings. The van der Waals surface area contributed by atoms with Crippen molar-refractivity contribution in [2.75, 3.05) is 4.72 Å². The zero-order valence-electron chi connectivity index (χ0n) is 12.1. The van der Waals surface area contributed by atoms with E-state index in [4.69, 9.17) is 0 Å². The van der Waals surface area contributed by atoms with E-state index in [0.717, 1.165) is 17.5 Å². The lowest BCUT2D eigenvalue weighted by Gasteiger charge is -2.11. The number of hydrogen-bond donors (Lipinski definition) is 2. The maximum absolute atomic E-state index is 12.4. The minimum absolute atomic E-state index is 0.158. The molecule has 0 amide bonds. The van der Waals surface area contributed by atoms with E-state index in [1.807, 2.05) is 19.9 Å². The molecule has 0 radical (unpaired) electrons. The summed E-state index contributed by atoms with van der Waals surface area (Å²) in [5.74, 6) is 0. The van der Waals surface area contributed by atoms with Crippen molar-refractivity contribution in [1.29, 1.82) is 0 Å². The molecule has 0 aromatic heterocycles. The van der Waals surface area contributed by atoms with Crippen LogP contribution in [0.25, 0.3) is 0 Å². The number of sulfonamides is 1. The Hall–Kier alpha value is -1.85. The van der Waals surface area contributed by atoms with Crippen LogP contribution >= 0.6 is 0 Å². The molecule has 2 aromatic carbocycles. The number of hydrogen-bond acceptors (Lipinski definition) is 3. The smallest absolute Gasteiger partial charge is 0.261 e. The van der Waals surface area contributed by atoms with Crippen molar-refractivity contribution in [3.05, 3.63) is 59.2 Å². The fourth-order valence-corrected chi connectivity index (χ4v) is 3.28. The molecule has 0 unspecified atom stereocenters. The van der Waals surface area contributed by atoms with Gasteiger partial charge in [-0.2, -0.15) is 0 Å². The van der Waals surface area contributed by atoms with Crippen LogP contribution in [-0.4, -0.2) is 13.5 Å². The van der Waals surface area contributed by atoms with E-state index in [9.17, 15) is 13.5 Å². The zero-order chi connectivity index (χ0) is 15.5. The van der Waals surface area contributed by atoms with Gasteiger partial charge in [0.15, 0.2) is 0 Å². The van der Waals surface area contributed by atoms with Gasteiger partial charge in [0.2, 0.25) is 0 Å². The van der Waals surface area contributed by atoms with Gasteiger partial charge in [0.05, 0.1) is 11.5 Å². The topological polar surface area (TPSA) is 66.4 Å². The summed E-state index contributed by atoms with van der Waals surface area (Å²) in [5, 5.41) is 9.35. The lowest BCUT2D eigenvalue weighted by atomic mass is 10.1. The van der Waals surface area contributed by atoms with Gasteiger partial charge in [-0.25, -0.2) is 8.42 Å². The van der Waals surface area contributed by atoms with Gasteiger partial charge in [0.1, 0.15) is 0 Å². The summed E-state index contributed by atoms with van der Waals surface area (Å²) in [5.41, 5.74) is 3.10. The summed E-state index contributed by atoms with van der Waals surface area (Å²) in [6.45, 7) is 3.70. The van der Waals surface area contributed by atoms with Crippen molar-refractivity contribution in [1.82, 2.24) is 0 Å². The van der Waals surface area contributed by atoms with Gasteiger partial charge in [-0.1, -0.05) is 25.1 Å². The fraction of sp³-hybridized carbons (Fsp3) is 0.250. The van der Waals surface area contributed by atoms with Gasteiger partial charge in [0.25, 0.3) is 10.0 Å². The Labute approximate surface area is 125 Å². The van der Waals surface area contributed by atoms with Crippen LogP contribution in [0.3, 0.4) is 0 Å².